The van der Waals surface area contributed by atoms with E-state index < -0.39 is 10.0 Å². The van der Waals surface area contributed by atoms with Gasteiger partial charge in [-0.25, -0.2) is 8.42 Å². The molecule has 0 unspecified atom stereocenters. The first-order valence-corrected chi connectivity index (χ1v) is 12.7. The number of piperidine rings is 2. The maximum atomic E-state index is 13.1. The molecule has 0 spiro atoms. The SMILES string of the molecule is CC[C@H]1CN(S(=O)(=O)c2ccc(OC)cc2)CC[C@H]1CC(=O)N1CCC(C(=O)OC)CC1. The number of carbonyl (C=O) groups excluding carboxylic acids is 2. The molecule has 0 aliphatic carbocycles. The Hall–Kier alpha value is -2.13. The second kappa shape index (κ2) is 10.7. The maximum Gasteiger partial charge on any atom is 0.308 e. The number of hydrogen-bond donors (Lipinski definition) is 0. The van der Waals surface area contributed by atoms with Crippen molar-refractivity contribution >= 4 is 21.9 Å². The molecule has 0 saturated carbocycles. The van der Waals surface area contributed by atoms with Gasteiger partial charge in [0.15, 0.2) is 0 Å². The molecule has 2 aliphatic rings. The van der Waals surface area contributed by atoms with Crippen molar-refractivity contribution in [3.05, 3.63) is 24.3 Å². The highest BCUT2D eigenvalue weighted by atomic mass is 32.2. The first-order valence-electron chi connectivity index (χ1n) is 11.3. The van der Waals surface area contributed by atoms with Crippen LogP contribution >= 0.6 is 0 Å². The third-order valence-corrected chi connectivity index (χ3v) is 8.77. The summed E-state index contributed by atoms with van der Waals surface area (Å²) in [5.74, 6) is 0.681. The molecule has 1 aromatic carbocycles. The van der Waals surface area contributed by atoms with Gasteiger partial charge in [-0.05, 0) is 55.4 Å². The molecule has 2 atom stereocenters. The number of rotatable bonds is 7. The van der Waals surface area contributed by atoms with Crippen molar-refractivity contribution in [2.45, 2.75) is 43.9 Å². The van der Waals surface area contributed by atoms with Crippen LogP contribution in [0.1, 0.15) is 39.0 Å². The summed E-state index contributed by atoms with van der Waals surface area (Å²) < 4.78 is 37.7. The summed E-state index contributed by atoms with van der Waals surface area (Å²) in [4.78, 5) is 26.7. The second-order valence-corrected chi connectivity index (χ2v) is 10.6. The zero-order valence-electron chi connectivity index (χ0n) is 19.2. The Labute approximate surface area is 190 Å². The van der Waals surface area contributed by atoms with Crippen LogP contribution in [0.4, 0.5) is 0 Å². The van der Waals surface area contributed by atoms with Crippen LogP contribution in [-0.2, 0) is 24.3 Å². The largest absolute Gasteiger partial charge is 0.497 e. The molecule has 2 aliphatic heterocycles. The molecule has 0 bridgehead atoms. The van der Waals surface area contributed by atoms with Gasteiger partial charge < -0.3 is 14.4 Å². The lowest BCUT2D eigenvalue weighted by Crippen LogP contribution is -2.46. The summed E-state index contributed by atoms with van der Waals surface area (Å²) in [6.45, 7) is 4.02. The lowest BCUT2D eigenvalue weighted by molar-refractivity contribution is -0.149. The van der Waals surface area contributed by atoms with E-state index in [1.54, 1.807) is 35.7 Å². The lowest BCUT2D eigenvalue weighted by Gasteiger charge is -2.38. The zero-order valence-corrected chi connectivity index (χ0v) is 20.0. The topological polar surface area (TPSA) is 93.2 Å². The molecule has 32 heavy (non-hydrogen) atoms. The molecule has 2 fully saturated rings. The number of likely N-dealkylation sites (tertiary alicyclic amines) is 1. The number of hydrogen-bond acceptors (Lipinski definition) is 6. The molecule has 1 amide bonds. The molecule has 1 aromatic rings. The monoisotopic (exact) mass is 466 g/mol. The van der Waals surface area contributed by atoms with E-state index in [1.807, 2.05) is 11.8 Å². The van der Waals surface area contributed by atoms with E-state index in [2.05, 4.69) is 0 Å². The molecular formula is C23H34N2O6S. The number of carbonyl (C=O) groups is 2. The van der Waals surface area contributed by atoms with Crippen LogP contribution in [0.2, 0.25) is 0 Å². The number of sulfonamides is 1. The van der Waals surface area contributed by atoms with Gasteiger partial charge in [0.1, 0.15) is 5.75 Å². The second-order valence-electron chi connectivity index (χ2n) is 8.64. The Morgan fingerprint density at radius 1 is 1.00 bits per heavy atom. The van der Waals surface area contributed by atoms with Crippen molar-refractivity contribution in [1.29, 1.82) is 0 Å². The average molecular weight is 467 g/mol. The van der Waals surface area contributed by atoms with Gasteiger partial charge in [0.05, 0.1) is 25.0 Å². The number of amides is 1. The predicted octanol–water partition coefficient (Wildman–Crippen LogP) is 2.53. The fourth-order valence-electron chi connectivity index (χ4n) is 4.78. The number of nitrogens with zero attached hydrogens (tertiary/aromatic N) is 2. The van der Waals surface area contributed by atoms with Crippen molar-refractivity contribution in [2.75, 3.05) is 40.4 Å². The van der Waals surface area contributed by atoms with E-state index in [1.165, 1.54) is 7.11 Å². The standard InChI is InChI=1S/C23H34N2O6S/c1-4-17-16-25(32(28,29)21-7-5-20(30-2)6-8-21)14-11-19(17)15-22(26)24-12-9-18(10-13-24)23(27)31-3/h5-8,17-19H,4,9-16H2,1-3H3/t17-,19-/m0/s1. The average Bonchev–Trinajstić information content (AvgIpc) is 2.83. The summed E-state index contributed by atoms with van der Waals surface area (Å²) in [6, 6.07) is 6.45. The Bertz CT molecular complexity index is 894. The molecule has 8 nitrogen and oxygen atoms in total. The molecule has 2 heterocycles. The van der Waals surface area contributed by atoms with Gasteiger partial charge in [0.2, 0.25) is 15.9 Å². The zero-order chi connectivity index (χ0) is 23.3. The smallest absolute Gasteiger partial charge is 0.308 e. The van der Waals surface area contributed by atoms with E-state index >= 15 is 0 Å². The van der Waals surface area contributed by atoms with Gasteiger partial charge in [-0.15, -0.1) is 0 Å². The van der Waals surface area contributed by atoms with E-state index in [0.29, 0.717) is 57.6 Å². The highest BCUT2D eigenvalue weighted by Crippen LogP contribution is 2.33. The Morgan fingerprint density at radius 3 is 2.22 bits per heavy atom. The van der Waals surface area contributed by atoms with Crippen molar-refractivity contribution in [3.63, 3.8) is 0 Å². The summed E-state index contributed by atoms with van der Waals surface area (Å²) in [5, 5.41) is 0. The van der Waals surface area contributed by atoms with E-state index in [9.17, 15) is 18.0 Å². The molecule has 0 radical (unpaired) electrons. The van der Waals surface area contributed by atoms with Crippen LogP contribution in [0, 0.1) is 17.8 Å². The highest BCUT2D eigenvalue weighted by Gasteiger charge is 2.37. The molecule has 0 N–H and O–H groups in total. The first-order chi connectivity index (χ1) is 15.3. The van der Waals surface area contributed by atoms with Crippen LogP contribution in [0.15, 0.2) is 29.2 Å². The van der Waals surface area contributed by atoms with Crippen LogP contribution in [-0.4, -0.2) is 69.9 Å². The van der Waals surface area contributed by atoms with Gasteiger partial charge in [0, 0.05) is 32.6 Å². The predicted molar refractivity (Wildman–Crippen MR) is 120 cm³/mol. The number of esters is 1. The minimum Gasteiger partial charge on any atom is -0.497 e. The number of methoxy groups -OCH3 is 2. The molecule has 2 saturated heterocycles. The van der Waals surface area contributed by atoms with Crippen LogP contribution in [0.3, 0.4) is 0 Å². The van der Waals surface area contributed by atoms with Crippen molar-refractivity contribution in [3.8, 4) is 5.75 Å². The number of benzene rings is 1. The summed E-state index contributed by atoms with van der Waals surface area (Å²) in [5.41, 5.74) is 0. The summed E-state index contributed by atoms with van der Waals surface area (Å²) in [6.07, 6.45) is 3.18. The van der Waals surface area contributed by atoms with Gasteiger partial charge in [-0.3, -0.25) is 9.59 Å². The fraction of sp³-hybridized carbons (Fsp3) is 0.652. The van der Waals surface area contributed by atoms with E-state index in [-0.39, 0.29) is 34.5 Å². The molecule has 0 aromatic heterocycles. The third kappa shape index (κ3) is 5.43. The number of ether oxygens (including phenoxy) is 2. The minimum absolute atomic E-state index is 0.100. The van der Waals surface area contributed by atoms with Crippen LogP contribution < -0.4 is 4.74 Å². The van der Waals surface area contributed by atoms with Crippen molar-refractivity contribution < 1.29 is 27.5 Å². The van der Waals surface area contributed by atoms with Crippen LogP contribution in [0.25, 0.3) is 0 Å². The van der Waals surface area contributed by atoms with Crippen LogP contribution in [0.5, 0.6) is 5.75 Å². The third-order valence-electron chi connectivity index (χ3n) is 6.89. The lowest BCUT2D eigenvalue weighted by atomic mass is 9.82. The molecule has 9 heteroatoms. The maximum absolute atomic E-state index is 13.1. The summed E-state index contributed by atoms with van der Waals surface area (Å²) >= 11 is 0. The Balaban J connectivity index is 1.58. The van der Waals surface area contributed by atoms with Crippen molar-refractivity contribution in [2.24, 2.45) is 17.8 Å². The molecular weight excluding hydrogens is 432 g/mol. The van der Waals surface area contributed by atoms with Gasteiger partial charge in [-0.2, -0.15) is 4.31 Å². The van der Waals surface area contributed by atoms with Gasteiger partial charge in [-0.1, -0.05) is 13.3 Å². The quantitative estimate of drug-likeness (QED) is 0.574. The first kappa shape index (κ1) is 24.5. The van der Waals surface area contributed by atoms with E-state index in [4.69, 9.17) is 9.47 Å². The minimum atomic E-state index is -3.58. The van der Waals surface area contributed by atoms with E-state index in [0.717, 1.165) is 6.42 Å². The molecule has 178 valence electrons. The normalized spacial score (nSPS) is 23.0. The Morgan fingerprint density at radius 2 is 1.66 bits per heavy atom. The van der Waals surface area contributed by atoms with Gasteiger partial charge in [0.25, 0.3) is 0 Å². The molecule has 3 rings (SSSR count). The Kier molecular flexibility index (Phi) is 8.16. The van der Waals surface area contributed by atoms with Gasteiger partial charge >= 0.3 is 5.97 Å². The fourth-order valence-corrected chi connectivity index (χ4v) is 6.29. The highest BCUT2D eigenvalue weighted by molar-refractivity contribution is 7.89. The summed E-state index contributed by atoms with van der Waals surface area (Å²) in [7, 11) is -0.641. The van der Waals surface area contributed by atoms with Crippen molar-refractivity contribution in [1.82, 2.24) is 9.21 Å².